The summed E-state index contributed by atoms with van der Waals surface area (Å²) in [6.45, 7) is 6.53. The lowest BCUT2D eigenvalue weighted by Gasteiger charge is -2.28. The molecule has 4 heteroatoms. The van der Waals surface area contributed by atoms with E-state index in [0.717, 1.165) is 25.6 Å². The fourth-order valence-corrected chi connectivity index (χ4v) is 2.89. The van der Waals surface area contributed by atoms with Crippen molar-refractivity contribution in [3.63, 3.8) is 0 Å². The largest absolute Gasteiger partial charge is 0.329 e. The number of halogens is 2. The smallest absolute Gasteiger partial charge is 0.163 e. The predicted molar refractivity (Wildman–Crippen MR) is 72.7 cm³/mol. The third-order valence-electron chi connectivity index (χ3n) is 4.20. The number of rotatable bonds is 4. The van der Waals surface area contributed by atoms with Crippen molar-refractivity contribution in [2.75, 3.05) is 19.6 Å². The van der Waals surface area contributed by atoms with Gasteiger partial charge in [-0.15, -0.1) is 0 Å². The molecule has 0 saturated carbocycles. The van der Waals surface area contributed by atoms with E-state index in [1.165, 1.54) is 0 Å². The van der Waals surface area contributed by atoms with Crippen LogP contribution in [0.1, 0.15) is 31.9 Å². The minimum absolute atomic E-state index is 0.223. The van der Waals surface area contributed by atoms with Crippen LogP contribution in [0.4, 0.5) is 8.78 Å². The van der Waals surface area contributed by atoms with Gasteiger partial charge in [0, 0.05) is 18.7 Å². The lowest BCUT2D eigenvalue weighted by molar-refractivity contribution is 0.226. The van der Waals surface area contributed by atoms with E-state index in [9.17, 15) is 8.78 Å². The summed E-state index contributed by atoms with van der Waals surface area (Å²) < 4.78 is 27.2. The Morgan fingerprint density at radius 1 is 1.37 bits per heavy atom. The van der Waals surface area contributed by atoms with Gasteiger partial charge in [-0.2, -0.15) is 0 Å². The molecule has 2 N–H and O–H groups in total. The molecule has 1 aliphatic heterocycles. The second-order valence-corrected chi connectivity index (χ2v) is 5.68. The van der Waals surface area contributed by atoms with Gasteiger partial charge in [0.05, 0.1) is 6.04 Å². The number of nitrogens with two attached hydrogens (primary N) is 1. The molecule has 2 rings (SSSR count). The van der Waals surface area contributed by atoms with Crippen molar-refractivity contribution in [3.8, 4) is 0 Å². The van der Waals surface area contributed by atoms with Crippen molar-refractivity contribution in [3.05, 3.63) is 35.4 Å². The van der Waals surface area contributed by atoms with E-state index in [4.69, 9.17) is 5.73 Å². The zero-order valence-electron chi connectivity index (χ0n) is 11.6. The third-order valence-corrected chi connectivity index (χ3v) is 4.20. The first-order valence-electron chi connectivity index (χ1n) is 6.92. The van der Waals surface area contributed by atoms with E-state index in [1.54, 1.807) is 12.1 Å². The Hall–Kier alpha value is -1.00. The molecule has 19 heavy (non-hydrogen) atoms. The molecular weight excluding hydrogens is 246 g/mol. The van der Waals surface area contributed by atoms with E-state index < -0.39 is 11.6 Å². The van der Waals surface area contributed by atoms with Gasteiger partial charge in [-0.1, -0.05) is 26.0 Å². The quantitative estimate of drug-likeness (QED) is 0.909. The summed E-state index contributed by atoms with van der Waals surface area (Å²) in [6, 6.07) is 4.11. The molecule has 0 radical (unpaired) electrons. The van der Waals surface area contributed by atoms with Crippen molar-refractivity contribution in [1.29, 1.82) is 0 Å². The maximum atomic E-state index is 13.9. The highest BCUT2D eigenvalue weighted by atomic mass is 19.2. The van der Waals surface area contributed by atoms with E-state index in [2.05, 4.69) is 18.7 Å². The van der Waals surface area contributed by atoms with Gasteiger partial charge in [0.15, 0.2) is 11.6 Å². The normalized spacial score (nSPS) is 22.1. The highest BCUT2D eigenvalue weighted by Crippen LogP contribution is 2.31. The highest BCUT2D eigenvalue weighted by Gasteiger charge is 2.31. The fraction of sp³-hybridized carbons (Fsp3) is 0.600. The minimum Gasteiger partial charge on any atom is -0.329 e. The summed E-state index contributed by atoms with van der Waals surface area (Å²) in [4.78, 5) is 2.18. The van der Waals surface area contributed by atoms with Crippen molar-refractivity contribution in [2.45, 2.75) is 26.3 Å². The summed E-state index contributed by atoms with van der Waals surface area (Å²) in [5.41, 5.74) is 6.18. The Morgan fingerprint density at radius 2 is 2.11 bits per heavy atom. The Bertz CT molecular complexity index is 434. The third kappa shape index (κ3) is 2.95. The van der Waals surface area contributed by atoms with E-state index >= 15 is 0 Å². The van der Waals surface area contributed by atoms with Gasteiger partial charge in [-0.05, 0) is 30.9 Å². The van der Waals surface area contributed by atoms with Gasteiger partial charge < -0.3 is 5.73 Å². The van der Waals surface area contributed by atoms with E-state index in [-0.39, 0.29) is 6.04 Å². The van der Waals surface area contributed by atoms with Crippen LogP contribution < -0.4 is 5.73 Å². The number of hydrogen-bond donors (Lipinski definition) is 1. The van der Waals surface area contributed by atoms with Crippen LogP contribution in [0.2, 0.25) is 0 Å². The molecule has 2 atom stereocenters. The van der Waals surface area contributed by atoms with Crippen molar-refractivity contribution in [1.82, 2.24) is 4.90 Å². The molecule has 1 aliphatic rings. The molecule has 1 heterocycles. The first kappa shape index (κ1) is 14.4. The SMILES string of the molecule is CC(C)C1CCN(C(CN)c2cccc(F)c2F)C1. The second-order valence-electron chi connectivity index (χ2n) is 5.68. The molecule has 1 fully saturated rings. The lowest BCUT2D eigenvalue weighted by Crippen LogP contribution is -2.33. The molecule has 1 aromatic carbocycles. The van der Waals surface area contributed by atoms with Gasteiger partial charge in [0.1, 0.15) is 0 Å². The summed E-state index contributed by atoms with van der Waals surface area (Å²) in [6.07, 6.45) is 1.10. The average molecular weight is 268 g/mol. The Morgan fingerprint density at radius 3 is 2.68 bits per heavy atom. The van der Waals surface area contributed by atoms with Crippen LogP contribution in [0.3, 0.4) is 0 Å². The molecule has 0 bridgehead atoms. The Balaban J connectivity index is 2.19. The molecule has 0 spiro atoms. The first-order valence-corrected chi connectivity index (χ1v) is 6.92. The van der Waals surface area contributed by atoms with Gasteiger partial charge in [-0.25, -0.2) is 8.78 Å². The van der Waals surface area contributed by atoms with E-state index in [0.29, 0.717) is 23.9 Å². The molecule has 1 saturated heterocycles. The topological polar surface area (TPSA) is 29.3 Å². The maximum absolute atomic E-state index is 13.9. The summed E-state index contributed by atoms with van der Waals surface area (Å²) in [5, 5.41) is 0. The molecule has 0 aliphatic carbocycles. The van der Waals surface area contributed by atoms with Crippen LogP contribution in [0.25, 0.3) is 0 Å². The summed E-state index contributed by atoms with van der Waals surface area (Å²) in [7, 11) is 0. The number of nitrogens with zero attached hydrogens (tertiary/aromatic N) is 1. The van der Waals surface area contributed by atoms with Crippen LogP contribution >= 0.6 is 0 Å². The number of likely N-dealkylation sites (tertiary alicyclic amines) is 1. The second kappa shape index (κ2) is 5.97. The summed E-state index contributed by atoms with van der Waals surface area (Å²) >= 11 is 0. The van der Waals surface area contributed by atoms with Crippen molar-refractivity contribution < 1.29 is 8.78 Å². The standard InChI is InChI=1S/C15H22F2N2/c1-10(2)11-6-7-19(9-11)14(8-18)12-4-3-5-13(16)15(12)17/h3-5,10-11,14H,6-9,18H2,1-2H3. The molecule has 0 aromatic heterocycles. The van der Waals surface area contributed by atoms with Gasteiger partial charge in [0.2, 0.25) is 0 Å². The van der Waals surface area contributed by atoms with Crippen LogP contribution in [-0.2, 0) is 0 Å². The maximum Gasteiger partial charge on any atom is 0.163 e. The van der Waals surface area contributed by atoms with Crippen molar-refractivity contribution >= 4 is 0 Å². The van der Waals surface area contributed by atoms with Crippen LogP contribution in [0, 0.1) is 23.5 Å². The predicted octanol–water partition coefficient (Wildman–Crippen LogP) is 2.94. The average Bonchev–Trinajstić information content (AvgIpc) is 2.85. The zero-order chi connectivity index (χ0) is 14.0. The van der Waals surface area contributed by atoms with E-state index in [1.807, 2.05) is 0 Å². The van der Waals surface area contributed by atoms with Crippen LogP contribution in [0.15, 0.2) is 18.2 Å². The van der Waals surface area contributed by atoms with Gasteiger partial charge in [-0.3, -0.25) is 4.90 Å². The van der Waals surface area contributed by atoms with Crippen LogP contribution in [0.5, 0.6) is 0 Å². The lowest BCUT2D eigenvalue weighted by atomic mass is 9.95. The highest BCUT2D eigenvalue weighted by molar-refractivity contribution is 5.23. The monoisotopic (exact) mass is 268 g/mol. The molecule has 106 valence electrons. The first-order chi connectivity index (χ1) is 9.04. The fourth-order valence-electron chi connectivity index (χ4n) is 2.89. The van der Waals surface area contributed by atoms with Crippen molar-refractivity contribution in [2.24, 2.45) is 17.6 Å². The molecule has 0 amide bonds. The molecular formula is C15H22F2N2. The molecule has 2 unspecified atom stereocenters. The Labute approximate surface area is 113 Å². The Kier molecular flexibility index (Phi) is 4.53. The molecule has 2 nitrogen and oxygen atoms in total. The number of hydrogen-bond acceptors (Lipinski definition) is 2. The van der Waals surface area contributed by atoms with Gasteiger partial charge in [0.25, 0.3) is 0 Å². The summed E-state index contributed by atoms with van der Waals surface area (Å²) in [5.74, 6) is -0.326. The van der Waals surface area contributed by atoms with Gasteiger partial charge >= 0.3 is 0 Å². The minimum atomic E-state index is -0.796. The van der Waals surface area contributed by atoms with Crippen LogP contribution in [-0.4, -0.2) is 24.5 Å². The number of benzene rings is 1. The molecule has 1 aromatic rings. The zero-order valence-corrected chi connectivity index (χ0v) is 11.6.